The number of piperidine rings is 1. The Balaban J connectivity index is 1.42. The fraction of sp³-hybridized carbons (Fsp3) is 0.304. The second-order valence-corrected chi connectivity index (χ2v) is 9.91. The van der Waals surface area contributed by atoms with Gasteiger partial charge in [-0.2, -0.15) is 23.1 Å². The summed E-state index contributed by atoms with van der Waals surface area (Å²) in [6, 6.07) is 7.76. The Morgan fingerprint density at radius 2 is 1.92 bits per heavy atom. The van der Waals surface area contributed by atoms with E-state index in [4.69, 9.17) is 16.1 Å². The molecule has 1 aliphatic rings. The molecule has 0 N–H and O–H groups in total. The second-order valence-electron chi connectivity index (χ2n) is 8.53. The summed E-state index contributed by atoms with van der Waals surface area (Å²) in [5, 5.41) is 16.0. The Morgan fingerprint density at radius 1 is 1.22 bits per heavy atom. The van der Waals surface area contributed by atoms with Crippen LogP contribution in [0.1, 0.15) is 35.8 Å². The maximum atomic E-state index is 13.4. The number of alkyl halides is 3. The Bertz CT molecular complexity index is 1580. The third-order valence-electron chi connectivity index (χ3n) is 6.29. The lowest BCUT2D eigenvalue weighted by molar-refractivity contribution is -0.383. The molecule has 0 amide bonds. The van der Waals surface area contributed by atoms with Gasteiger partial charge in [-0.15, -0.1) is 0 Å². The number of hydrogen-bond donors (Lipinski definition) is 0. The van der Waals surface area contributed by atoms with Gasteiger partial charge in [0.15, 0.2) is 5.13 Å². The number of hydrogen-bond acceptors (Lipinski definition) is 9. The third-order valence-corrected chi connectivity index (χ3v) is 7.77. The van der Waals surface area contributed by atoms with Crippen LogP contribution in [0.2, 0.25) is 5.02 Å². The lowest BCUT2D eigenvalue weighted by Gasteiger charge is -2.30. The Morgan fingerprint density at radius 3 is 2.57 bits per heavy atom. The van der Waals surface area contributed by atoms with Crippen LogP contribution in [-0.4, -0.2) is 33.1 Å². The van der Waals surface area contributed by atoms with Crippen LogP contribution in [0.15, 0.2) is 39.6 Å². The maximum absolute atomic E-state index is 13.4. The first kappa shape index (κ1) is 25.1. The van der Waals surface area contributed by atoms with Crippen molar-refractivity contribution in [3.8, 4) is 11.4 Å². The molecule has 0 bridgehead atoms. The molecule has 192 valence electrons. The van der Waals surface area contributed by atoms with Crippen LogP contribution in [0.25, 0.3) is 21.5 Å². The molecule has 1 saturated heterocycles. The van der Waals surface area contributed by atoms with Crippen molar-refractivity contribution < 1.29 is 22.6 Å². The molecule has 3 heterocycles. The van der Waals surface area contributed by atoms with E-state index in [0.29, 0.717) is 54.3 Å². The highest BCUT2D eigenvalue weighted by atomic mass is 35.5. The van der Waals surface area contributed by atoms with Crippen molar-refractivity contribution in [2.75, 3.05) is 18.0 Å². The van der Waals surface area contributed by atoms with Crippen molar-refractivity contribution in [2.45, 2.75) is 31.9 Å². The Kier molecular flexibility index (Phi) is 6.36. The zero-order valence-corrected chi connectivity index (χ0v) is 20.7. The molecule has 0 radical (unpaired) electrons. The van der Waals surface area contributed by atoms with Gasteiger partial charge in [0.05, 0.1) is 20.9 Å². The van der Waals surface area contributed by atoms with Crippen LogP contribution in [0.4, 0.5) is 24.0 Å². The second kappa shape index (κ2) is 9.38. The molecule has 1 aliphatic heterocycles. The molecule has 0 saturated carbocycles. The molecule has 5 rings (SSSR count). The molecule has 0 spiro atoms. The van der Waals surface area contributed by atoms with E-state index >= 15 is 0 Å². The molecular weight excluding hydrogens is 535 g/mol. The van der Waals surface area contributed by atoms with E-state index < -0.39 is 38.9 Å². The van der Waals surface area contributed by atoms with E-state index in [1.54, 1.807) is 23.1 Å². The SMILES string of the molecule is Cc1c(C(F)(F)F)cc2c(=O)nc(N3CCC(c4nc(-c5ccccc5Cl)no4)CC3)sc2c1[N+](=O)[O-]. The molecule has 1 fully saturated rings. The molecule has 9 nitrogen and oxygen atoms in total. The highest BCUT2D eigenvalue weighted by molar-refractivity contribution is 7.22. The summed E-state index contributed by atoms with van der Waals surface area (Å²) in [5.41, 5.74) is -2.79. The topological polar surface area (TPSA) is 115 Å². The summed E-state index contributed by atoms with van der Waals surface area (Å²) < 4.78 is 45.7. The quantitative estimate of drug-likeness (QED) is 0.225. The van der Waals surface area contributed by atoms with Crippen molar-refractivity contribution in [3.05, 3.63) is 72.8 Å². The Hall–Kier alpha value is -3.58. The van der Waals surface area contributed by atoms with Gasteiger partial charge in [-0.1, -0.05) is 40.2 Å². The van der Waals surface area contributed by atoms with Gasteiger partial charge >= 0.3 is 6.18 Å². The molecular formula is C23H17ClF3N5O4S. The molecule has 37 heavy (non-hydrogen) atoms. The number of anilines is 1. The van der Waals surface area contributed by atoms with Gasteiger partial charge in [0.25, 0.3) is 11.2 Å². The zero-order valence-electron chi connectivity index (χ0n) is 19.1. The Labute approximate surface area is 215 Å². The fourth-order valence-electron chi connectivity index (χ4n) is 4.39. The number of rotatable bonds is 4. The van der Waals surface area contributed by atoms with Crippen molar-refractivity contribution in [1.29, 1.82) is 0 Å². The minimum atomic E-state index is -4.85. The lowest BCUT2D eigenvalue weighted by atomic mass is 9.97. The summed E-state index contributed by atoms with van der Waals surface area (Å²) in [6.45, 7) is 1.89. The monoisotopic (exact) mass is 551 g/mol. The van der Waals surface area contributed by atoms with E-state index in [-0.39, 0.29) is 15.7 Å². The van der Waals surface area contributed by atoms with Crippen molar-refractivity contribution in [3.63, 3.8) is 0 Å². The average Bonchev–Trinajstić information content (AvgIpc) is 3.33. The molecule has 4 aromatic rings. The van der Waals surface area contributed by atoms with E-state index in [1.165, 1.54) is 0 Å². The summed E-state index contributed by atoms with van der Waals surface area (Å²) >= 11 is 7.04. The summed E-state index contributed by atoms with van der Waals surface area (Å²) in [7, 11) is 0. The van der Waals surface area contributed by atoms with E-state index in [9.17, 15) is 28.1 Å². The highest BCUT2D eigenvalue weighted by Crippen LogP contribution is 2.42. The molecule has 14 heteroatoms. The fourth-order valence-corrected chi connectivity index (χ4v) is 5.81. The van der Waals surface area contributed by atoms with Gasteiger partial charge in [-0.05, 0) is 38.0 Å². The predicted octanol–water partition coefficient (Wildman–Crippen LogP) is 5.98. The molecule has 0 unspecified atom stereocenters. The van der Waals surface area contributed by atoms with E-state index in [0.717, 1.165) is 18.3 Å². The zero-order chi connectivity index (χ0) is 26.5. The van der Waals surface area contributed by atoms with Crippen LogP contribution in [0.5, 0.6) is 0 Å². The number of aromatic nitrogens is 3. The first-order chi connectivity index (χ1) is 17.5. The number of nitro groups is 1. The maximum Gasteiger partial charge on any atom is 0.416 e. The largest absolute Gasteiger partial charge is 0.416 e. The smallest absolute Gasteiger partial charge is 0.348 e. The molecule has 2 aromatic carbocycles. The summed E-state index contributed by atoms with van der Waals surface area (Å²) in [6.07, 6.45) is -3.71. The van der Waals surface area contributed by atoms with Crippen molar-refractivity contribution in [1.82, 2.24) is 15.1 Å². The number of nitrogens with zero attached hydrogens (tertiary/aromatic N) is 5. The van der Waals surface area contributed by atoms with E-state index in [1.807, 2.05) is 6.07 Å². The van der Waals surface area contributed by atoms with Crippen LogP contribution >= 0.6 is 22.9 Å². The van der Waals surface area contributed by atoms with Gasteiger partial charge in [0, 0.05) is 30.1 Å². The minimum Gasteiger partial charge on any atom is -0.348 e. The third kappa shape index (κ3) is 4.64. The van der Waals surface area contributed by atoms with Gasteiger partial charge in [-0.3, -0.25) is 14.9 Å². The van der Waals surface area contributed by atoms with Crippen molar-refractivity contribution >= 4 is 43.8 Å². The van der Waals surface area contributed by atoms with Crippen LogP contribution in [0, 0.1) is 17.0 Å². The molecule has 2 aromatic heterocycles. The number of benzene rings is 2. The van der Waals surface area contributed by atoms with Gasteiger partial charge in [0.2, 0.25) is 11.7 Å². The first-order valence-electron chi connectivity index (χ1n) is 11.1. The van der Waals surface area contributed by atoms with Gasteiger partial charge in [-0.25, -0.2) is 0 Å². The predicted molar refractivity (Wildman–Crippen MR) is 131 cm³/mol. The van der Waals surface area contributed by atoms with Gasteiger partial charge < -0.3 is 9.42 Å². The van der Waals surface area contributed by atoms with Crippen molar-refractivity contribution in [2.24, 2.45) is 0 Å². The molecule has 0 aliphatic carbocycles. The highest BCUT2D eigenvalue weighted by Gasteiger charge is 2.38. The number of halogens is 4. The number of nitro benzene ring substituents is 1. The van der Waals surface area contributed by atoms with Crippen LogP contribution < -0.4 is 10.5 Å². The molecule has 0 atom stereocenters. The minimum absolute atomic E-state index is 0.0666. The summed E-state index contributed by atoms with van der Waals surface area (Å²) in [5.74, 6) is 0.751. The first-order valence-corrected chi connectivity index (χ1v) is 12.3. The van der Waals surface area contributed by atoms with E-state index in [2.05, 4.69) is 15.1 Å². The number of fused-ring (bicyclic) bond motifs is 1. The normalized spacial score (nSPS) is 14.9. The summed E-state index contributed by atoms with van der Waals surface area (Å²) in [4.78, 5) is 33.7. The lowest BCUT2D eigenvalue weighted by Crippen LogP contribution is -2.34. The van der Waals surface area contributed by atoms with Crippen LogP contribution in [0.3, 0.4) is 0 Å². The average molecular weight is 552 g/mol. The standard InChI is InChI=1S/C23H17ClF3N5O4S/c1-11-15(23(25,26)27)10-14-18(17(11)32(34)35)37-22(29-20(14)33)31-8-6-12(7-9-31)21-28-19(30-36-21)13-4-2-3-5-16(13)24/h2-5,10,12H,6-9H2,1H3. The van der Waals surface area contributed by atoms with Gasteiger partial charge in [0.1, 0.15) is 4.70 Å². The van der Waals surface area contributed by atoms with Crippen LogP contribution in [-0.2, 0) is 6.18 Å².